The molecule has 156 valence electrons. The van der Waals surface area contributed by atoms with Crippen molar-refractivity contribution in [2.75, 3.05) is 12.4 Å². The smallest absolute Gasteiger partial charge is 0.261 e. The second-order valence-electron chi connectivity index (χ2n) is 7.47. The van der Waals surface area contributed by atoms with Gasteiger partial charge in [0.25, 0.3) is 11.3 Å². The molecule has 0 amide bonds. The fourth-order valence-corrected chi connectivity index (χ4v) is 8.36. The van der Waals surface area contributed by atoms with Crippen LogP contribution in [0.4, 0.5) is 5.88 Å². The lowest BCUT2D eigenvalue weighted by atomic mass is 10.2. The fraction of sp³-hybridized carbons (Fsp3) is 0.0357. The highest BCUT2D eigenvalue weighted by Crippen LogP contribution is 2.55. The maximum atomic E-state index is 6.33. The van der Waals surface area contributed by atoms with Gasteiger partial charge in [0.2, 0.25) is 5.89 Å². The Balaban J connectivity index is 1.89. The van der Waals surface area contributed by atoms with Crippen molar-refractivity contribution >= 4 is 34.5 Å². The third-order valence-corrected chi connectivity index (χ3v) is 9.76. The van der Waals surface area contributed by atoms with Gasteiger partial charge >= 0.3 is 0 Å². The number of rotatable bonds is 6. The van der Waals surface area contributed by atoms with Crippen LogP contribution in [0.1, 0.15) is 0 Å². The molecule has 3 nitrogen and oxygen atoms in total. The van der Waals surface area contributed by atoms with Crippen molar-refractivity contribution in [2.45, 2.75) is 0 Å². The molecule has 1 aromatic heterocycles. The SMILES string of the molecule is CNc1oc(-c2ccccc2)nc1[P+](c1ccccc1)(c1ccccc1)c1ccccc1. The first kappa shape index (κ1) is 20.2. The molecule has 4 aromatic carbocycles. The lowest BCUT2D eigenvalue weighted by Gasteiger charge is -2.25. The molecule has 0 radical (unpaired) electrons. The topological polar surface area (TPSA) is 38.1 Å². The van der Waals surface area contributed by atoms with E-state index in [1.54, 1.807) is 0 Å². The van der Waals surface area contributed by atoms with E-state index in [1.165, 1.54) is 15.9 Å². The van der Waals surface area contributed by atoms with Gasteiger partial charge in [0, 0.05) is 12.6 Å². The van der Waals surface area contributed by atoms with Gasteiger partial charge in [0.05, 0.1) is 0 Å². The highest BCUT2D eigenvalue weighted by molar-refractivity contribution is 8.01. The standard InChI is InChI=1S/C28H24N2OP/c1-29-27-28(30-26(31-27)22-14-6-2-7-15-22)32(23-16-8-3-9-17-23,24-18-10-4-11-19-24)25-20-12-5-13-21-25/h2-21,29H,1H3/q+1. The molecule has 0 aliphatic heterocycles. The number of nitrogens with zero attached hydrogens (tertiary/aromatic N) is 1. The van der Waals surface area contributed by atoms with Crippen LogP contribution in [0.5, 0.6) is 0 Å². The molecule has 0 unspecified atom stereocenters. The number of aromatic nitrogens is 1. The summed E-state index contributed by atoms with van der Waals surface area (Å²) in [5.74, 6) is 1.32. The Hall–Kier alpha value is -3.68. The van der Waals surface area contributed by atoms with Crippen molar-refractivity contribution in [1.82, 2.24) is 4.98 Å². The molecule has 0 aliphatic carbocycles. The van der Waals surface area contributed by atoms with Gasteiger partial charge in [-0.3, -0.25) is 0 Å². The van der Waals surface area contributed by atoms with E-state index < -0.39 is 7.26 Å². The Labute approximate surface area is 189 Å². The quantitative estimate of drug-likeness (QED) is 0.382. The molecule has 4 heteroatoms. The zero-order chi connectivity index (χ0) is 21.8. The van der Waals surface area contributed by atoms with E-state index in [4.69, 9.17) is 9.40 Å². The molecule has 0 saturated heterocycles. The number of hydrogen-bond donors (Lipinski definition) is 1. The molecule has 5 rings (SSSR count). The molecule has 0 fully saturated rings. The summed E-state index contributed by atoms with van der Waals surface area (Å²) in [7, 11) is -0.429. The Morgan fingerprint density at radius 3 is 1.41 bits per heavy atom. The van der Waals surface area contributed by atoms with Crippen molar-refractivity contribution in [3.63, 3.8) is 0 Å². The molecule has 5 aromatic rings. The Morgan fingerprint density at radius 1 is 0.594 bits per heavy atom. The summed E-state index contributed by atoms with van der Waals surface area (Å²) in [6.45, 7) is 0. The van der Waals surface area contributed by atoms with Crippen molar-refractivity contribution in [3.8, 4) is 11.5 Å². The zero-order valence-corrected chi connectivity index (χ0v) is 18.7. The monoisotopic (exact) mass is 435 g/mol. The molecule has 0 bridgehead atoms. The summed E-state index contributed by atoms with van der Waals surface area (Å²) in [5.41, 5.74) is 1.91. The van der Waals surface area contributed by atoms with Crippen molar-refractivity contribution in [3.05, 3.63) is 121 Å². The first-order valence-electron chi connectivity index (χ1n) is 10.6. The van der Waals surface area contributed by atoms with Crippen molar-refractivity contribution in [1.29, 1.82) is 0 Å². The number of benzene rings is 4. The number of anilines is 1. The predicted octanol–water partition coefficient (Wildman–Crippen LogP) is 5.00. The predicted molar refractivity (Wildman–Crippen MR) is 136 cm³/mol. The van der Waals surface area contributed by atoms with Crippen LogP contribution in [0.25, 0.3) is 11.5 Å². The van der Waals surface area contributed by atoms with Crippen molar-refractivity contribution in [2.24, 2.45) is 0 Å². The van der Waals surface area contributed by atoms with Crippen molar-refractivity contribution < 1.29 is 4.42 Å². The van der Waals surface area contributed by atoms with Gasteiger partial charge in [-0.15, -0.1) is 0 Å². The molecule has 0 spiro atoms. The maximum absolute atomic E-state index is 6.33. The molecule has 32 heavy (non-hydrogen) atoms. The van der Waals surface area contributed by atoms with Gasteiger partial charge in [-0.25, -0.2) is 0 Å². The first-order valence-corrected chi connectivity index (χ1v) is 12.4. The van der Waals surface area contributed by atoms with Crippen LogP contribution in [0, 0.1) is 0 Å². The van der Waals surface area contributed by atoms with Gasteiger partial charge in [0.1, 0.15) is 15.9 Å². The van der Waals surface area contributed by atoms with E-state index in [-0.39, 0.29) is 0 Å². The van der Waals surface area contributed by atoms with E-state index in [0.717, 1.165) is 11.0 Å². The fourth-order valence-electron chi connectivity index (χ4n) is 4.18. The molecule has 1 N–H and O–H groups in total. The zero-order valence-electron chi connectivity index (χ0n) is 17.8. The summed E-state index contributed by atoms with van der Waals surface area (Å²) in [4.78, 5) is 5.17. The van der Waals surface area contributed by atoms with Gasteiger partial charge in [-0.2, -0.15) is 4.98 Å². The van der Waals surface area contributed by atoms with E-state index >= 15 is 0 Å². The normalized spacial score (nSPS) is 11.3. The minimum Gasteiger partial charge on any atom is -0.416 e. The Kier molecular flexibility index (Phi) is 5.58. The number of oxazole rings is 1. The average Bonchev–Trinajstić information content (AvgIpc) is 3.32. The second kappa shape index (κ2) is 8.82. The highest BCUT2D eigenvalue weighted by Gasteiger charge is 2.52. The van der Waals surface area contributed by atoms with E-state index in [2.05, 4.69) is 96.3 Å². The van der Waals surface area contributed by atoms with Crippen LogP contribution in [-0.2, 0) is 0 Å². The first-order chi connectivity index (χ1) is 15.8. The highest BCUT2D eigenvalue weighted by atomic mass is 31.2. The van der Waals surface area contributed by atoms with Gasteiger partial charge in [-0.05, 0) is 48.5 Å². The van der Waals surface area contributed by atoms with Crippen LogP contribution in [0.3, 0.4) is 0 Å². The van der Waals surface area contributed by atoms with Crippen LogP contribution in [0.2, 0.25) is 0 Å². The summed E-state index contributed by atoms with van der Waals surface area (Å²) in [6, 6.07) is 42.2. The summed E-state index contributed by atoms with van der Waals surface area (Å²) < 4.78 is 6.33. The molecule has 0 saturated carbocycles. The number of nitrogens with one attached hydrogen (secondary N) is 1. The van der Waals surface area contributed by atoms with Crippen LogP contribution < -0.4 is 26.7 Å². The number of hydrogen-bond acceptors (Lipinski definition) is 3. The van der Waals surface area contributed by atoms with Gasteiger partial charge in [-0.1, -0.05) is 72.8 Å². The van der Waals surface area contributed by atoms with Gasteiger partial charge < -0.3 is 9.73 Å². The van der Waals surface area contributed by atoms with E-state index in [0.29, 0.717) is 11.8 Å². The summed E-state index contributed by atoms with van der Waals surface area (Å²) in [6.07, 6.45) is 0. The third kappa shape index (κ3) is 3.41. The Bertz CT molecular complexity index is 1190. The second-order valence-corrected chi connectivity index (χ2v) is 10.8. The van der Waals surface area contributed by atoms with Crippen LogP contribution >= 0.6 is 7.26 Å². The lowest BCUT2D eigenvalue weighted by Crippen LogP contribution is -2.40. The minimum absolute atomic E-state index is 0.622. The average molecular weight is 435 g/mol. The van der Waals surface area contributed by atoms with E-state index in [1.807, 2.05) is 37.4 Å². The third-order valence-electron chi connectivity index (χ3n) is 5.61. The summed E-state index contributed by atoms with van der Waals surface area (Å²) in [5, 5.41) is 7.01. The van der Waals surface area contributed by atoms with Gasteiger partial charge in [0.15, 0.2) is 7.26 Å². The molecular weight excluding hydrogens is 411 g/mol. The molecule has 0 aliphatic rings. The minimum atomic E-state index is -2.33. The summed E-state index contributed by atoms with van der Waals surface area (Å²) >= 11 is 0. The van der Waals surface area contributed by atoms with Crippen LogP contribution in [0.15, 0.2) is 126 Å². The maximum Gasteiger partial charge on any atom is 0.261 e. The Morgan fingerprint density at radius 2 is 1.00 bits per heavy atom. The molecular formula is C28H24N2OP+. The largest absolute Gasteiger partial charge is 0.416 e. The molecule has 1 heterocycles. The van der Waals surface area contributed by atoms with Crippen LogP contribution in [-0.4, -0.2) is 12.0 Å². The molecule has 0 atom stereocenters. The van der Waals surface area contributed by atoms with E-state index in [9.17, 15) is 0 Å². The lowest BCUT2D eigenvalue weighted by molar-refractivity contribution is 0.590.